The molecule has 0 spiro atoms. The van der Waals surface area contributed by atoms with Gasteiger partial charge in [0.05, 0.1) is 24.1 Å². The van der Waals surface area contributed by atoms with Crippen LogP contribution in [0.2, 0.25) is 0 Å². The lowest BCUT2D eigenvalue weighted by atomic mass is 9.95. The van der Waals surface area contributed by atoms with Crippen LogP contribution in [0, 0.1) is 19.8 Å². The predicted octanol–water partition coefficient (Wildman–Crippen LogP) is 3.98. The van der Waals surface area contributed by atoms with Crippen LogP contribution in [0.25, 0.3) is 0 Å². The summed E-state index contributed by atoms with van der Waals surface area (Å²) < 4.78 is 38.6. The van der Waals surface area contributed by atoms with E-state index in [4.69, 9.17) is 9.15 Å². The van der Waals surface area contributed by atoms with E-state index in [1.807, 2.05) is 0 Å². The molecule has 2 aliphatic rings. The molecule has 0 bridgehead atoms. The summed E-state index contributed by atoms with van der Waals surface area (Å²) in [5, 5.41) is 2.95. The van der Waals surface area contributed by atoms with Crippen molar-refractivity contribution in [1.82, 2.24) is 19.4 Å². The number of benzene rings is 1. The van der Waals surface area contributed by atoms with Gasteiger partial charge in [0.1, 0.15) is 17.8 Å². The Bertz CT molecular complexity index is 1370. The van der Waals surface area contributed by atoms with Gasteiger partial charge in [0.2, 0.25) is 10.0 Å². The first kappa shape index (κ1) is 31.0. The minimum Gasteiger partial charge on any atom is -0.497 e. The molecular formula is C31H44N4O5S. The quantitative estimate of drug-likeness (QED) is 0.403. The van der Waals surface area contributed by atoms with Crippen LogP contribution in [-0.2, 0) is 16.6 Å². The van der Waals surface area contributed by atoms with Crippen LogP contribution in [0.3, 0.4) is 0 Å². The number of methoxy groups -OCH3 is 1. The van der Waals surface area contributed by atoms with Gasteiger partial charge < -0.3 is 24.3 Å². The van der Waals surface area contributed by atoms with E-state index in [0.717, 1.165) is 25.9 Å². The number of likely N-dealkylation sites (tertiary alicyclic amines) is 1. The van der Waals surface area contributed by atoms with Crippen molar-refractivity contribution in [3.63, 3.8) is 0 Å². The van der Waals surface area contributed by atoms with Crippen molar-refractivity contribution in [3.8, 4) is 5.75 Å². The van der Waals surface area contributed by atoms with Crippen molar-refractivity contribution in [2.75, 3.05) is 54.4 Å². The molecule has 1 aromatic heterocycles. The van der Waals surface area contributed by atoms with E-state index in [1.54, 1.807) is 39.2 Å². The first-order chi connectivity index (χ1) is 19.5. The summed E-state index contributed by atoms with van der Waals surface area (Å²) in [5.41, 5.74) is 2.82. The Labute approximate surface area is 244 Å². The molecule has 2 aromatic rings. The monoisotopic (exact) mass is 584 g/mol. The molecule has 0 radical (unpaired) electrons. The normalized spacial score (nSPS) is 19.7. The Balaban J connectivity index is 1.23. The average Bonchev–Trinajstić information content (AvgIpc) is 3.59. The molecule has 9 nitrogen and oxygen atoms in total. The van der Waals surface area contributed by atoms with E-state index < -0.39 is 10.0 Å². The van der Waals surface area contributed by atoms with Crippen LogP contribution < -0.4 is 10.1 Å². The maximum atomic E-state index is 13.3. The number of carbonyl (C=O) groups is 1. The first-order valence-corrected chi connectivity index (χ1v) is 15.6. The molecule has 2 heterocycles. The zero-order valence-corrected chi connectivity index (χ0v) is 26.0. The van der Waals surface area contributed by atoms with Crippen molar-refractivity contribution in [2.24, 2.45) is 5.92 Å². The Kier molecular flexibility index (Phi) is 10.1. The summed E-state index contributed by atoms with van der Waals surface area (Å²) in [6.07, 6.45) is 11.2. The third-order valence-corrected chi connectivity index (χ3v) is 10.2. The fraction of sp³-hybridized carbons (Fsp3) is 0.516. The summed E-state index contributed by atoms with van der Waals surface area (Å²) >= 11 is 0. The van der Waals surface area contributed by atoms with Crippen LogP contribution in [0.4, 0.5) is 0 Å². The Morgan fingerprint density at radius 2 is 1.90 bits per heavy atom. The highest BCUT2D eigenvalue weighted by molar-refractivity contribution is 7.89. The number of likely N-dealkylation sites (N-methyl/N-ethyl adjacent to an activating group) is 1. The van der Waals surface area contributed by atoms with E-state index >= 15 is 0 Å². The first-order valence-electron chi connectivity index (χ1n) is 14.2. The Morgan fingerprint density at radius 1 is 1.17 bits per heavy atom. The number of amides is 1. The van der Waals surface area contributed by atoms with Crippen LogP contribution in [0.1, 0.15) is 46.5 Å². The van der Waals surface area contributed by atoms with Gasteiger partial charge in [0, 0.05) is 32.7 Å². The summed E-state index contributed by atoms with van der Waals surface area (Å²) in [5.74, 6) is 1.30. The minimum absolute atomic E-state index is 0.00655. The van der Waals surface area contributed by atoms with Crippen LogP contribution in [-0.4, -0.2) is 88.9 Å². The number of ether oxygens (including phenoxy) is 1. The number of nitrogens with one attached hydrogen (secondary N) is 1. The van der Waals surface area contributed by atoms with E-state index in [9.17, 15) is 13.2 Å². The number of hydrogen-bond acceptors (Lipinski definition) is 7. The van der Waals surface area contributed by atoms with E-state index in [0.29, 0.717) is 46.7 Å². The van der Waals surface area contributed by atoms with E-state index in [-0.39, 0.29) is 17.3 Å². The highest BCUT2D eigenvalue weighted by Gasteiger charge is 2.27. The maximum absolute atomic E-state index is 13.3. The van der Waals surface area contributed by atoms with E-state index in [1.165, 1.54) is 36.2 Å². The average molecular weight is 585 g/mol. The number of aryl methyl sites for hydroxylation is 2. The fourth-order valence-electron chi connectivity index (χ4n) is 5.66. The number of furan rings is 1. The molecule has 2 atom stereocenters. The van der Waals surface area contributed by atoms with Gasteiger partial charge in [-0.25, -0.2) is 8.42 Å². The molecular weight excluding hydrogens is 540 g/mol. The molecule has 1 saturated heterocycles. The molecule has 1 aliphatic heterocycles. The molecule has 1 aromatic carbocycles. The second kappa shape index (κ2) is 13.4. The van der Waals surface area contributed by atoms with Crippen molar-refractivity contribution in [1.29, 1.82) is 0 Å². The highest BCUT2D eigenvalue weighted by Crippen LogP contribution is 2.29. The third-order valence-electron chi connectivity index (χ3n) is 8.07. The summed E-state index contributed by atoms with van der Waals surface area (Å²) in [7, 11) is 3.59. The topological polar surface area (TPSA) is 95.3 Å². The van der Waals surface area contributed by atoms with Gasteiger partial charge in [-0.15, -0.1) is 0 Å². The second-order valence-electron chi connectivity index (χ2n) is 11.5. The van der Waals surface area contributed by atoms with Crippen molar-refractivity contribution in [2.45, 2.75) is 50.6 Å². The standard InChI is InChI=1S/C31H44N4O5S/c1-22-15-28(39-6)16-23(2)30(22)41(37,38)34(5)20-29-17-26(21-40-29)31(36)32-13-11-24-7-9-25(10-8-24)18-35-14-12-27(19-35)33(3)4/h7-9,15-17,21,25,27H,10-14,18-20H2,1-6H3,(H,32,36)/t25?,27-/m0/s1. The van der Waals surface area contributed by atoms with Crippen LogP contribution >= 0.6 is 0 Å². The lowest BCUT2D eigenvalue weighted by molar-refractivity contribution is 0.0953. The lowest BCUT2D eigenvalue weighted by Gasteiger charge is -2.24. The smallest absolute Gasteiger partial charge is 0.254 e. The van der Waals surface area contributed by atoms with Crippen molar-refractivity contribution in [3.05, 3.63) is 70.7 Å². The second-order valence-corrected chi connectivity index (χ2v) is 13.4. The number of allylic oxidation sites excluding steroid dienone is 2. The van der Waals surface area contributed by atoms with Gasteiger partial charge in [-0.1, -0.05) is 23.8 Å². The highest BCUT2D eigenvalue weighted by atomic mass is 32.2. The van der Waals surface area contributed by atoms with Crippen LogP contribution in [0.15, 0.2) is 57.6 Å². The number of hydrogen-bond donors (Lipinski definition) is 1. The number of nitrogens with zero attached hydrogens (tertiary/aromatic N) is 3. The molecule has 0 saturated carbocycles. The van der Waals surface area contributed by atoms with E-state index in [2.05, 4.69) is 47.4 Å². The third kappa shape index (κ3) is 7.68. The molecule has 224 valence electrons. The molecule has 1 aliphatic carbocycles. The van der Waals surface area contributed by atoms with Crippen molar-refractivity contribution >= 4 is 15.9 Å². The Morgan fingerprint density at radius 3 is 2.51 bits per heavy atom. The predicted molar refractivity (Wildman–Crippen MR) is 161 cm³/mol. The zero-order valence-electron chi connectivity index (χ0n) is 25.1. The molecule has 1 fully saturated rings. The largest absolute Gasteiger partial charge is 0.497 e. The van der Waals surface area contributed by atoms with Gasteiger partial charge in [0.25, 0.3) is 5.91 Å². The summed E-state index contributed by atoms with van der Waals surface area (Å²) in [6, 6.07) is 5.66. The van der Waals surface area contributed by atoms with Gasteiger partial charge >= 0.3 is 0 Å². The minimum atomic E-state index is -3.78. The lowest BCUT2D eigenvalue weighted by Crippen LogP contribution is -2.33. The van der Waals surface area contributed by atoms with Gasteiger partial charge in [-0.2, -0.15) is 4.31 Å². The molecule has 1 amide bonds. The zero-order chi connectivity index (χ0) is 29.7. The number of rotatable bonds is 12. The number of sulfonamides is 1. The summed E-state index contributed by atoms with van der Waals surface area (Å²) in [4.78, 5) is 17.8. The molecule has 41 heavy (non-hydrogen) atoms. The molecule has 1 unspecified atom stereocenters. The maximum Gasteiger partial charge on any atom is 0.254 e. The Hall–Kier alpha value is -2.92. The van der Waals surface area contributed by atoms with Gasteiger partial charge in [0.15, 0.2) is 0 Å². The van der Waals surface area contributed by atoms with Crippen LogP contribution in [0.5, 0.6) is 5.75 Å². The van der Waals surface area contributed by atoms with Gasteiger partial charge in [-0.3, -0.25) is 4.79 Å². The molecule has 10 heteroatoms. The SMILES string of the molecule is COc1cc(C)c(S(=O)(=O)N(C)Cc2cc(C(=O)NCCC3=CCC(CN4CC[C@H](N(C)C)C4)C=C3)co2)c(C)c1. The molecule has 1 N–H and O–H groups in total. The molecule has 4 rings (SSSR count). The number of carbonyl (C=O) groups excluding carboxylic acids is 1. The fourth-order valence-corrected chi connectivity index (χ4v) is 7.20. The van der Waals surface area contributed by atoms with Gasteiger partial charge in [-0.05, 0) is 89.0 Å². The van der Waals surface area contributed by atoms with Crippen molar-refractivity contribution < 1.29 is 22.4 Å². The summed E-state index contributed by atoms with van der Waals surface area (Å²) in [6.45, 7) is 7.42.